The molecule has 2 aromatic carbocycles. The largest absolute Gasteiger partial charge is 0.368 e. The predicted octanol–water partition coefficient (Wildman–Crippen LogP) is 4.18. The summed E-state index contributed by atoms with van der Waals surface area (Å²) < 4.78 is 5.44. The second-order valence-electron chi connectivity index (χ2n) is 7.82. The molecule has 1 N–H and O–H groups in total. The molecule has 0 aliphatic carbocycles. The molecule has 0 spiro atoms. The van der Waals surface area contributed by atoms with Crippen molar-refractivity contribution in [2.75, 3.05) is 6.61 Å². The molecule has 2 aromatic rings. The molecular formula is C24H29NO3. The summed E-state index contributed by atoms with van der Waals surface area (Å²) in [4.78, 5) is 25.3. The number of ether oxygens (including phenoxy) is 1. The lowest BCUT2D eigenvalue weighted by atomic mass is 9.89. The predicted molar refractivity (Wildman–Crippen MR) is 111 cm³/mol. The standard InChI is InChI=1S/C24H29NO3/c1-4-9-21(23(27)25-24(3)17(2)28-16-22(24)26)15-18-10-8-13-20(14-18)19-11-6-5-7-12-19/h5-8,10-14,17,21H,4,9,15-16H2,1-3H3,(H,25,27). The summed E-state index contributed by atoms with van der Waals surface area (Å²) in [5.41, 5.74) is 2.50. The fraction of sp³-hybridized carbons (Fsp3) is 0.417. The van der Waals surface area contributed by atoms with Crippen LogP contribution in [0.15, 0.2) is 54.6 Å². The van der Waals surface area contributed by atoms with Crippen molar-refractivity contribution in [1.82, 2.24) is 5.32 Å². The summed E-state index contributed by atoms with van der Waals surface area (Å²) >= 11 is 0. The van der Waals surface area contributed by atoms with Crippen molar-refractivity contribution in [3.63, 3.8) is 0 Å². The molecule has 1 heterocycles. The van der Waals surface area contributed by atoms with E-state index < -0.39 is 5.54 Å². The number of nitrogens with one attached hydrogen (secondary N) is 1. The summed E-state index contributed by atoms with van der Waals surface area (Å²) in [6, 6.07) is 18.6. The number of hydrogen-bond acceptors (Lipinski definition) is 3. The molecule has 28 heavy (non-hydrogen) atoms. The van der Waals surface area contributed by atoms with Crippen molar-refractivity contribution in [2.24, 2.45) is 5.92 Å². The Hall–Kier alpha value is -2.46. The van der Waals surface area contributed by atoms with E-state index in [0.717, 1.165) is 29.5 Å². The molecule has 3 rings (SSSR count). The van der Waals surface area contributed by atoms with Crippen LogP contribution in [0.25, 0.3) is 11.1 Å². The average Bonchev–Trinajstić information content (AvgIpc) is 2.95. The number of amides is 1. The lowest BCUT2D eigenvalue weighted by Gasteiger charge is -2.29. The minimum atomic E-state index is -0.936. The number of Topliss-reactive ketones (excluding diaryl/α,β-unsaturated/α-hetero) is 1. The van der Waals surface area contributed by atoms with Crippen molar-refractivity contribution in [2.45, 2.75) is 51.7 Å². The molecule has 1 amide bonds. The third-order valence-corrected chi connectivity index (χ3v) is 5.76. The van der Waals surface area contributed by atoms with E-state index >= 15 is 0 Å². The summed E-state index contributed by atoms with van der Waals surface area (Å²) in [6.07, 6.45) is 2.03. The Kier molecular flexibility index (Phi) is 6.30. The molecule has 1 aliphatic rings. The Morgan fingerprint density at radius 3 is 2.54 bits per heavy atom. The Balaban J connectivity index is 1.76. The minimum Gasteiger partial charge on any atom is -0.368 e. The Morgan fingerprint density at radius 1 is 1.18 bits per heavy atom. The van der Waals surface area contributed by atoms with Crippen molar-refractivity contribution < 1.29 is 14.3 Å². The van der Waals surface area contributed by atoms with Crippen LogP contribution in [0.3, 0.4) is 0 Å². The van der Waals surface area contributed by atoms with E-state index in [4.69, 9.17) is 4.74 Å². The van der Waals surface area contributed by atoms with E-state index in [0.29, 0.717) is 6.42 Å². The molecule has 0 radical (unpaired) electrons. The van der Waals surface area contributed by atoms with Gasteiger partial charge in [0, 0.05) is 5.92 Å². The SMILES string of the molecule is CCCC(Cc1cccc(-c2ccccc2)c1)C(=O)NC1(C)C(=O)COC1C. The molecule has 1 aliphatic heterocycles. The van der Waals surface area contributed by atoms with Gasteiger partial charge >= 0.3 is 0 Å². The van der Waals surface area contributed by atoms with Gasteiger partial charge in [-0.2, -0.15) is 0 Å². The molecule has 0 saturated carbocycles. The first-order chi connectivity index (χ1) is 13.4. The number of carbonyl (C=O) groups is 2. The van der Waals surface area contributed by atoms with Gasteiger partial charge in [-0.15, -0.1) is 0 Å². The number of rotatable bonds is 7. The first kappa shape index (κ1) is 20.3. The maximum atomic E-state index is 13.0. The van der Waals surface area contributed by atoms with Gasteiger partial charge in [0.05, 0.1) is 6.10 Å². The lowest BCUT2D eigenvalue weighted by Crippen LogP contribution is -2.57. The summed E-state index contributed by atoms with van der Waals surface area (Å²) in [6.45, 7) is 5.75. The maximum absolute atomic E-state index is 13.0. The first-order valence-electron chi connectivity index (χ1n) is 10.1. The highest BCUT2D eigenvalue weighted by Crippen LogP contribution is 2.25. The van der Waals surface area contributed by atoms with Crippen LogP contribution in [0, 0.1) is 5.92 Å². The fourth-order valence-corrected chi connectivity index (χ4v) is 3.74. The minimum absolute atomic E-state index is 0.0605. The van der Waals surface area contributed by atoms with Gasteiger partial charge in [0.2, 0.25) is 5.91 Å². The van der Waals surface area contributed by atoms with E-state index in [1.165, 1.54) is 0 Å². The molecule has 3 atom stereocenters. The fourth-order valence-electron chi connectivity index (χ4n) is 3.74. The van der Waals surface area contributed by atoms with Gasteiger partial charge < -0.3 is 10.1 Å². The number of hydrogen-bond donors (Lipinski definition) is 1. The highest BCUT2D eigenvalue weighted by Gasteiger charge is 2.46. The van der Waals surface area contributed by atoms with Crippen molar-refractivity contribution >= 4 is 11.7 Å². The molecule has 1 fully saturated rings. The van der Waals surface area contributed by atoms with E-state index in [2.05, 4.69) is 42.6 Å². The maximum Gasteiger partial charge on any atom is 0.224 e. The first-order valence-corrected chi connectivity index (χ1v) is 10.1. The van der Waals surface area contributed by atoms with Gasteiger partial charge in [-0.1, -0.05) is 67.9 Å². The summed E-state index contributed by atoms with van der Waals surface area (Å²) in [7, 11) is 0. The van der Waals surface area contributed by atoms with Gasteiger partial charge in [0.15, 0.2) is 5.78 Å². The second kappa shape index (κ2) is 8.70. The van der Waals surface area contributed by atoms with Gasteiger partial charge in [-0.3, -0.25) is 9.59 Å². The molecule has 1 saturated heterocycles. The second-order valence-corrected chi connectivity index (χ2v) is 7.82. The van der Waals surface area contributed by atoms with Crippen LogP contribution in [0.1, 0.15) is 39.2 Å². The van der Waals surface area contributed by atoms with Crippen LogP contribution < -0.4 is 5.32 Å². The topological polar surface area (TPSA) is 55.4 Å². The summed E-state index contributed by atoms with van der Waals surface area (Å²) in [5, 5.41) is 2.99. The number of ketones is 1. The lowest BCUT2D eigenvalue weighted by molar-refractivity contribution is -0.132. The van der Waals surface area contributed by atoms with E-state index in [1.54, 1.807) is 6.92 Å². The molecule has 0 aromatic heterocycles. The van der Waals surface area contributed by atoms with Crippen LogP contribution in [-0.4, -0.2) is 29.9 Å². The van der Waals surface area contributed by atoms with Crippen molar-refractivity contribution in [3.05, 3.63) is 60.2 Å². The zero-order valence-electron chi connectivity index (χ0n) is 16.9. The third-order valence-electron chi connectivity index (χ3n) is 5.76. The van der Waals surface area contributed by atoms with E-state index in [9.17, 15) is 9.59 Å². The van der Waals surface area contributed by atoms with E-state index in [1.807, 2.05) is 31.2 Å². The van der Waals surface area contributed by atoms with Crippen molar-refractivity contribution in [1.29, 1.82) is 0 Å². The monoisotopic (exact) mass is 379 g/mol. The van der Waals surface area contributed by atoms with Crippen LogP contribution >= 0.6 is 0 Å². The normalized spacial score (nSPS) is 22.8. The number of carbonyl (C=O) groups excluding carboxylic acids is 2. The smallest absolute Gasteiger partial charge is 0.224 e. The molecule has 3 unspecified atom stereocenters. The highest BCUT2D eigenvalue weighted by atomic mass is 16.5. The van der Waals surface area contributed by atoms with Gasteiger partial charge in [-0.05, 0) is 43.4 Å². The molecule has 4 heteroatoms. The third kappa shape index (κ3) is 4.33. The molecule has 0 bridgehead atoms. The van der Waals surface area contributed by atoms with Crippen LogP contribution in [-0.2, 0) is 20.7 Å². The van der Waals surface area contributed by atoms with Gasteiger partial charge in [-0.25, -0.2) is 0 Å². The van der Waals surface area contributed by atoms with Gasteiger partial charge in [0.1, 0.15) is 12.1 Å². The highest BCUT2D eigenvalue weighted by molar-refractivity contribution is 5.96. The van der Waals surface area contributed by atoms with Crippen molar-refractivity contribution in [3.8, 4) is 11.1 Å². The quantitative estimate of drug-likeness (QED) is 0.785. The van der Waals surface area contributed by atoms with E-state index in [-0.39, 0.29) is 30.3 Å². The molecule has 4 nitrogen and oxygen atoms in total. The Bertz CT molecular complexity index is 833. The zero-order chi connectivity index (χ0) is 20.1. The average molecular weight is 380 g/mol. The zero-order valence-corrected chi connectivity index (χ0v) is 16.9. The van der Waals surface area contributed by atoms with Gasteiger partial charge in [0.25, 0.3) is 0 Å². The van der Waals surface area contributed by atoms with Crippen LogP contribution in [0.4, 0.5) is 0 Å². The number of benzene rings is 2. The molecular weight excluding hydrogens is 350 g/mol. The summed E-state index contributed by atoms with van der Waals surface area (Å²) in [5.74, 6) is -0.303. The Morgan fingerprint density at radius 2 is 1.89 bits per heavy atom. The molecule has 148 valence electrons. The Labute approximate surface area is 167 Å². The van der Waals surface area contributed by atoms with Crippen LogP contribution in [0.2, 0.25) is 0 Å². The van der Waals surface area contributed by atoms with Crippen LogP contribution in [0.5, 0.6) is 0 Å².